The van der Waals surface area contributed by atoms with Crippen LogP contribution in [0.3, 0.4) is 0 Å². The molecule has 0 radical (unpaired) electrons. The zero-order valence-electron chi connectivity index (χ0n) is 21.4. The number of nitrogens with one attached hydrogen (secondary N) is 1. The maximum Gasteiger partial charge on any atom is 0.295 e. The Morgan fingerprint density at radius 3 is 1.90 bits per heavy atom. The highest BCUT2D eigenvalue weighted by Gasteiger charge is 2.12. The summed E-state index contributed by atoms with van der Waals surface area (Å²) in [4.78, 5) is 41.0. The summed E-state index contributed by atoms with van der Waals surface area (Å²) in [5.74, 6) is 0.0182. The summed E-state index contributed by atoms with van der Waals surface area (Å²) < 4.78 is 5.75. The fourth-order valence-electron chi connectivity index (χ4n) is 3.87. The number of nitrogens with zero attached hydrogens (tertiary/aromatic N) is 2. The third-order valence-corrected chi connectivity index (χ3v) is 5.69. The average Bonchev–Trinajstić information content (AvgIpc) is 2.99. The van der Waals surface area contributed by atoms with Gasteiger partial charge in [0.05, 0.1) is 5.69 Å². The van der Waals surface area contributed by atoms with Gasteiger partial charge in [-0.25, -0.2) is 0 Å². The Balaban J connectivity index is 1.62. The van der Waals surface area contributed by atoms with Crippen molar-refractivity contribution in [3.05, 3.63) is 126 Å². The molecule has 0 unspecified atom stereocenters. The Morgan fingerprint density at radius 1 is 0.769 bits per heavy atom. The molecule has 0 atom stereocenters. The van der Waals surface area contributed by atoms with Crippen molar-refractivity contribution in [2.45, 2.75) is 6.92 Å². The number of hydrogen-bond acceptors (Lipinski definition) is 6. The zero-order valence-corrected chi connectivity index (χ0v) is 21.4. The van der Waals surface area contributed by atoms with Gasteiger partial charge in [0.15, 0.2) is 18.3 Å². The molecule has 4 aromatic carbocycles. The fraction of sp³-hybridized carbons (Fsp3) is 0.0625. The normalized spacial score (nSPS) is 11.4. The van der Waals surface area contributed by atoms with E-state index in [0.717, 1.165) is 22.6 Å². The second-order valence-corrected chi connectivity index (χ2v) is 8.37. The number of benzene rings is 4. The first-order valence-corrected chi connectivity index (χ1v) is 12.4. The first-order chi connectivity index (χ1) is 19.1. The molecule has 4 aromatic rings. The summed E-state index contributed by atoms with van der Waals surface area (Å²) in [6.07, 6.45) is 3.49. The van der Waals surface area contributed by atoms with Crippen molar-refractivity contribution >= 4 is 53.7 Å². The quantitative estimate of drug-likeness (QED) is 0.0835. The minimum absolute atomic E-state index is 0.0182. The molecule has 0 bridgehead atoms. The predicted molar refractivity (Wildman–Crippen MR) is 154 cm³/mol. The van der Waals surface area contributed by atoms with E-state index in [2.05, 4.69) is 15.2 Å². The van der Waals surface area contributed by atoms with Crippen molar-refractivity contribution in [1.82, 2.24) is 5.32 Å². The maximum absolute atomic E-state index is 11.9. The van der Waals surface area contributed by atoms with Gasteiger partial charge in [0.2, 0.25) is 0 Å². The first-order valence-electron chi connectivity index (χ1n) is 12.4. The number of amidine groups is 1. The largest absolute Gasteiger partial charge is 0.422 e. The molecule has 0 fully saturated rings. The summed E-state index contributed by atoms with van der Waals surface area (Å²) in [5.41, 5.74) is 4.63. The number of para-hydroxylation sites is 2. The molecule has 1 N–H and O–H groups in total. The number of allylic oxidation sites excluding steroid dienone is 1. The molecule has 0 saturated heterocycles. The number of aliphatic imine (C=N–C) groups is 1. The van der Waals surface area contributed by atoms with E-state index < -0.39 is 0 Å². The predicted octanol–water partition coefficient (Wildman–Crippen LogP) is 6.64. The van der Waals surface area contributed by atoms with Crippen LogP contribution in [-0.4, -0.2) is 31.4 Å². The van der Waals surface area contributed by atoms with Gasteiger partial charge in [-0.05, 0) is 67.1 Å². The zero-order chi connectivity index (χ0) is 27.5. The van der Waals surface area contributed by atoms with Crippen molar-refractivity contribution in [2.75, 3.05) is 11.4 Å². The minimum atomic E-state index is 0.0182. The van der Waals surface area contributed by atoms with Crippen LogP contribution in [0.25, 0.3) is 6.08 Å². The number of carbonyl (C=O) groups is 3. The van der Waals surface area contributed by atoms with Crippen LogP contribution in [-0.2, 0) is 9.53 Å². The van der Waals surface area contributed by atoms with E-state index in [9.17, 15) is 14.4 Å². The van der Waals surface area contributed by atoms with E-state index in [4.69, 9.17) is 4.74 Å². The lowest BCUT2D eigenvalue weighted by Gasteiger charge is -2.25. The molecule has 0 heterocycles. The second kappa shape index (κ2) is 13.3. The second-order valence-electron chi connectivity index (χ2n) is 8.37. The highest BCUT2D eigenvalue weighted by molar-refractivity contribution is 5.91. The molecular formula is C32H27N3O4. The average molecular weight is 518 g/mol. The standard InChI is InChI=1S/C32H27N3O4/c1-2-33-32(34-31-20-25(21-36)13-16-26(31)22-37)39-30(23-38)19-24-14-17-29(18-15-24)35(27-9-5-3-6-10-27)28-11-7-4-8-12-28/h3-23H,2H2,1H3,(H,33,34)/b30-19+. The number of carbonyl (C=O) groups excluding carboxylic acids is 3. The van der Waals surface area contributed by atoms with E-state index in [1.807, 2.05) is 91.9 Å². The van der Waals surface area contributed by atoms with Crippen LogP contribution >= 0.6 is 0 Å². The molecule has 39 heavy (non-hydrogen) atoms. The van der Waals surface area contributed by atoms with Crippen LogP contribution < -0.4 is 10.2 Å². The summed E-state index contributed by atoms with van der Waals surface area (Å²) in [5, 5.41) is 2.95. The topological polar surface area (TPSA) is 88.1 Å². The van der Waals surface area contributed by atoms with Gasteiger partial charge < -0.3 is 15.0 Å². The Bertz CT molecular complexity index is 1440. The molecule has 7 heteroatoms. The lowest BCUT2D eigenvalue weighted by molar-refractivity contribution is -0.106. The molecule has 0 aliphatic heterocycles. The highest BCUT2D eigenvalue weighted by Crippen LogP contribution is 2.34. The van der Waals surface area contributed by atoms with E-state index in [-0.39, 0.29) is 23.0 Å². The van der Waals surface area contributed by atoms with Gasteiger partial charge in [0.1, 0.15) is 6.29 Å². The monoisotopic (exact) mass is 517 g/mol. The van der Waals surface area contributed by atoms with Crippen LogP contribution in [0.2, 0.25) is 0 Å². The lowest BCUT2D eigenvalue weighted by Crippen LogP contribution is -2.25. The van der Waals surface area contributed by atoms with Gasteiger partial charge in [-0.15, -0.1) is 0 Å². The third kappa shape index (κ3) is 6.93. The Hall–Kier alpha value is -5.30. The molecule has 0 aliphatic carbocycles. The Labute approximate surface area is 227 Å². The van der Waals surface area contributed by atoms with E-state index in [1.54, 1.807) is 6.08 Å². The number of aldehydes is 3. The molecular weight excluding hydrogens is 490 g/mol. The van der Waals surface area contributed by atoms with Crippen molar-refractivity contribution in [1.29, 1.82) is 0 Å². The van der Waals surface area contributed by atoms with Crippen LogP contribution in [0.4, 0.5) is 22.7 Å². The number of anilines is 3. The fourth-order valence-corrected chi connectivity index (χ4v) is 3.87. The van der Waals surface area contributed by atoms with Crippen LogP contribution in [0, 0.1) is 0 Å². The smallest absolute Gasteiger partial charge is 0.295 e. The van der Waals surface area contributed by atoms with Gasteiger partial charge in [-0.1, -0.05) is 54.6 Å². The summed E-state index contributed by atoms with van der Waals surface area (Å²) in [6, 6.07) is 32.4. The van der Waals surface area contributed by atoms with Crippen LogP contribution in [0.5, 0.6) is 0 Å². The number of ether oxygens (including phenoxy) is 1. The molecule has 0 amide bonds. The van der Waals surface area contributed by atoms with Gasteiger partial charge in [0.25, 0.3) is 6.02 Å². The van der Waals surface area contributed by atoms with E-state index in [1.165, 1.54) is 18.2 Å². The lowest BCUT2D eigenvalue weighted by atomic mass is 10.1. The van der Waals surface area contributed by atoms with Crippen molar-refractivity contribution in [3.8, 4) is 0 Å². The van der Waals surface area contributed by atoms with Gasteiger partial charge in [-0.2, -0.15) is 4.99 Å². The summed E-state index contributed by atoms with van der Waals surface area (Å²) >= 11 is 0. The van der Waals surface area contributed by atoms with E-state index >= 15 is 0 Å². The van der Waals surface area contributed by atoms with Crippen molar-refractivity contribution < 1.29 is 19.1 Å². The minimum Gasteiger partial charge on any atom is -0.422 e. The maximum atomic E-state index is 11.9. The van der Waals surface area contributed by atoms with Gasteiger partial charge in [0, 0.05) is 34.7 Å². The molecule has 7 nitrogen and oxygen atoms in total. The van der Waals surface area contributed by atoms with Crippen molar-refractivity contribution in [2.24, 2.45) is 4.99 Å². The van der Waals surface area contributed by atoms with Gasteiger partial charge >= 0.3 is 0 Å². The Morgan fingerprint density at radius 2 is 1.36 bits per heavy atom. The Kier molecular flexibility index (Phi) is 9.13. The molecule has 0 spiro atoms. The molecule has 194 valence electrons. The number of hydrogen-bond donors (Lipinski definition) is 1. The molecule has 4 rings (SSSR count). The van der Waals surface area contributed by atoms with Gasteiger partial charge in [-0.3, -0.25) is 14.4 Å². The number of rotatable bonds is 10. The van der Waals surface area contributed by atoms with E-state index in [0.29, 0.717) is 31.0 Å². The SMILES string of the molecule is CCN/C(=N\c1cc(C=O)ccc1C=O)O/C(C=O)=C/c1ccc(N(c2ccccc2)c2ccccc2)cc1. The molecule has 0 aromatic heterocycles. The first kappa shape index (κ1) is 26.8. The third-order valence-electron chi connectivity index (χ3n) is 5.69. The molecule has 0 aliphatic rings. The highest BCUT2D eigenvalue weighted by atomic mass is 16.5. The summed E-state index contributed by atoms with van der Waals surface area (Å²) in [6.45, 7) is 2.30. The van der Waals surface area contributed by atoms with Crippen LogP contribution in [0.1, 0.15) is 33.2 Å². The molecule has 0 saturated carbocycles. The summed E-state index contributed by atoms with van der Waals surface area (Å²) in [7, 11) is 0. The van der Waals surface area contributed by atoms with Crippen LogP contribution in [0.15, 0.2) is 114 Å². The van der Waals surface area contributed by atoms with Crippen molar-refractivity contribution in [3.63, 3.8) is 0 Å².